The molecule has 2 aliphatic carbocycles. The van der Waals surface area contributed by atoms with Crippen LogP contribution in [0.15, 0.2) is 24.3 Å². The lowest BCUT2D eigenvalue weighted by Crippen LogP contribution is -2.61. The van der Waals surface area contributed by atoms with Crippen molar-refractivity contribution in [2.24, 2.45) is 0 Å². The summed E-state index contributed by atoms with van der Waals surface area (Å²) in [7, 11) is 0. The third-order valence-electron chi connectivity index (χ3n) is 6.77. The van der Waals surface area contributed by atoms with Crippen LogP contribution in [0, 0.1) is 6.92 Å². The van der Waals surface area contributed by atoms with Crippen LogP contribution in [-0.4, -0.2) is 40.2 Å². The van der Waals surface area contributed by atoms with Gasteiger partial charge in [-0.05, 0) is 38.2 Å². The predicted octanol–water partition coefficient (Wildman–Crippen LogP) is 4.37. The van der Waals surface area contributed by atoms with Gasteiger partial charge in [0, 0.05) is 12.1 Å². The molecule has 0 radical (unpaired) electrons. The Hall–Kier alpha value is -1.84. The maximum absolute atomic E-state index is 13.6. The van der Waals surface area contributed by atoms with Gasteiger partial charge >= 0.3 is 0 Å². The van der Waals surface area contributed by atoms with E-state index < -0.39 is 6.04 Å². The van der Waals surface area contributed by atoms with Gasteiger partial charge in [-0.15, -0.1) is 0 Å². The van der Waals surface area contributed by atoms with Gasteiger partial charge in [-0.2, -0.15) is 0 Å². The van der Waals surface area contributed by atoms with E-state index in [0.29, 0.717) is 0 Å². The van der Waals surface area contributed by atoms with Crippen LogP contribution in [0.1, 0.15) is 81.4 Å². The highest BCUT2D eigenvalue weighted by atomic mass is 16.2. The molecule has 1 saturated heterocycles. The van der Waals surface area contributed by atoms with Crippen LogP contribution in [0.5, 0.6) is 0 Å². The maximum atomic E-state index is 13.6. The van der Waals surface area contributed by atoms with Gasteiger partial charge in [0.25, 0.3) is 5.91 Å². The molecule has 1 aromatic carbocycles. The molecular formula is C23H32N2O2. The van der Waals surface area contributed by atoms with Gasteiger partial charge in [0.2, 0.25) is 5.91 Å². The van der Waals surface area contributed by atoms with Crippen LogP contribution in [0.4, 0.5) is 0 Å². The zero-order valence-electron chi connectivity index (χ0n) is 16.5. The normalized spacial score (nSPS) is 25.9. The summed E-state index contributed by atoms with van der Waals surface area (Å²) in [5.41, 5.74) is 2.16. The van der Waals surface area contributed by atoms with Gasteiger partial charge in [0.05, 0.1) is 0 Å². The zero-order valence-corrected chi connectivity index (χ0v) is 16.5. The average molecular weight is 369 g/mol. The lowest BCUT2D eigenvalue weighted by atomic mass is 9.88. The molecule has 146 valence electrons. The fourth-order valence-corrected chi connectivity index (χ4v) is 5.25. The second-order valence-electron chi connectivity index (χ2n) is 8.66. The Morgan fingerprint density at radius 1 is 0.778 bits per heavy atom. The predicted molar refractivity (Wildman–Crippen MR) is 106 cm³/mol. The van der Waals surface area contributed by atoms with Crippen molar-refractivity contribution in [3.63, 3.8) is 0 Å². The van der Waals surface area contributed by atoms with Crippen molar-refractivity contribution in [2.45, 2.75) is 89.3 Å². The van der Waals surface area contributed by atoms with E-state index in [4.69, 9.17) is 0 Å². The molecule has 1 heterocycles. The standard InChI is InChI=1S/C23H32N2O2/c1-17-12-14-18(15-13-17)22-23(27)24(19-8-4-2-5-9-19)16-21(26)25(22)20-10-6-3-7-11-20/h12-15,19-20,22H,2-11,16H2,1H3/t22-/m1/s1. The van der Waals surface area contributed by atoms with Crippen molar-refractivity contribution >= 4 is 11.8 Å². The van der Waals surface area contributed by atoms with E-state index in [9.17, 15) is 9.59 Å². The van der Waals surface area contributed by atoms with Crippen molar-refractivity contribution in [2.75, 3.05) is 6.54 Å². The lowest BCUT2D eigenvalue weighted by molar-refractivity contribution is -0.162. The molecule has 0 aromatic heterocycles. The number of amides is 2. The first-order valence-electron chi connectivity index (χ1n) is 10.8. The summed E-state index contributed by atoms with van der Waals surface area (Å²) in [5, 5.41) is 0. The summed E-state index contributed by atoms with van der Waals surface area (Å²) in [6.45, 7) is 2.34. The Morgan fingerprint density at radius 3 is 1.93 bits per heavy atom. The Balaban J connectivity index is 1.67. The highest BCUT2D eigenvalue weighted by Gasteiger charge is 2.45. The largest absolute Gasteiger partial charge is 0.328 e. The minimum Gasteiger partial charge on any atom is -0.328 e. The second kappa shape index (κ2) is 8.04. The maximum Gasteiger partial charge on any atom is 0.250 e. The molecule has 4 nitrogen and oxygen atoms in total. The minimum absolute atomic E-state index is 0.149. The molecular weight excluding hydrogens is 336 g/mol. The summed E-state index contributed by atoms with van der Waals surface area (Å²) in [5.74, 6) is 0.300. The SMILES string of the molecule is Cc1ccc([C@@H]2C(=O)N(C3CCCCC3)CC(=O)N2C2CCCCC2)cc1. The Labute approximate surface area is 162 Å². The molecule has 3 fully saturated rings. The lowest BCUT2D eigenvalue weighted by Gasteiger charge is -2.48. The minimum atomic E-state index is -0.433. The van der Waals surface area contributed by atoms with E-state index in [1.807, 2.05) is 21.9 Å². The summed E-state index contributed by atoms with van der Waals surface area (Å²) < 4.78 is 0. The number of benzene rings is 1. The summed E-state index contributed by atoms with van der Waals surface area (Å²) in [6.07, 6.45) is 11.3. The molecule has 0 unspecified atom stereocenters. The first kappa shape index (κ1) is 18.5. The van der Waals surface area contributed by atoms with Crippen LogP contribution in [0.3, 0.4) is 0 Å². The molecule has 27 heavy (non-hydrogen) atoms. The Kier molecular flexibility index (Phi) is 5.51. The van der Waals surface area contributed by atoms with Gasteiger partial charge in [-0.1, -0.05) is 68.4 Å². The number of piperazine rings is 1. The van der Waals surface area contributed by atoms with Crippen molar-refractivity contribution in [3.8, 4) is 0 Å². The molecule has 4 heteroatoms. The highest BCUT2D eigenvalue weighted by molar-refractivity contribution is 5.96. The van der Waals surface area contributed by atoms with E-state index in [1.165, 1.54) is 31.2 Å². The van der Waals surface area contributed by atoms with Gasteiger partial charge in [0.15, 0.2) is 0 Å². The number of hydrogen-bond donors (Lipinski definition) is 0. The molecule has 0 bridgehead atoms. The van der Waals surface area contributed by atoms with Crippen LogP contribution in [0.2, 0.25) is 0 Å². The number of carbonyl (C=O) groups is 2. The monoisotopic (exact) mass is 368 g/mol. The van der Waals surface area contributed by atoms with Crippen LogP contribution < -0.4 is 0 Å². The molecule has 2 saturated carbocycles. The van der Waals surface area contributed by atoms with Crippen LogP contribution in [-0.2, 0) is 9.59 Å². The topological polar surface area (TPSA) is 40.6 Å². The number of nitrogens with zero attached hydrogens (tertiary/aromatic N) is 2. The summed E-state index contributed by atoms with van der Waals surface area (Å²) in [4.78, 5) is 30.8. The molecule has 3 aliphatic rings. The Morgan fingerprint density at radius 2 is 1.33 bits per heavy atom. The van der Waals surface area contributed by atoms with Crippen LogP contribution >= 0.6 is 0 Å². The number of hydrogen-bond acceptors (Lipinski definition) is 2. The fraction of sp³-hybridized carbons (Fsp3) is 0.652. The number of aryl methyl sites for hydroxylation is 1. The van der Waals surface area contributed by atoms with Crippen molar-refractivity contribution in [1.82, 2.24) is 9.80 Å². The molecule has 0 spiro atoms. The smallest absolute Gasteiger partial charge is 0.250 e. The van der Waals surface area contributed by atoms with E-state index in [-0.39, 0.29) is 30.4 Å². The quantitative estimate of drug-likeness (QED) is 0.795. The summed E-state index contributed by atoms with van der Waals surface area (Å²) in [6, 6.07) is 8.25. The molecule has 1 aliphatic heterocycles. The van der Waals surface area contributed by atoms with E-state index in [1.54, 1.807) is 0 Å². The third kappa shape index (κ3) is 3.76. The van der Waals surface area contributed by atoms with E-state index in [2.05, 4.69) is 19.1 Å². The van der Waals surface area contributed by atoms with Crippen LogP contribution in [0.25, 0.3) is 0 Å². The summed E-state index contributed by atoms with van der Waals surface area (Å²) >= 11 is 0. The number of rotatable bonds is 3. The van der Waals surface area contributed by atoms with Gasteiger partial charge < -0.3 is 9.80 Å². The van der Waals surface area contributed by atoms with Gasteiger partial charge in [-0.3, -0.25) is 9.59 Å². The molecule has 4 rings (SSSR count). The number of carbonyl (C=O) groups excluding carboxylic acids is 2. The van der Waals surface area contributed by atoms with Gasteiger partial charge in [-0.25, -0.2) is 0 Å². The van der Waals surface area contributed by atoms with Crippen molar-refractivity contribution in [1.29, 1.82) is 0 Å². The zero-order chi connectivity index (χ0) is 18.8. The van der Waals surface area contributed by atoms with E-state index in [0.717, 1.165) is 44.1 Å². The molecule has 1 atom stereocenters. The molecule has 1 aromatic rings. The molecule has 2 amide bonds. The van der Waals surface area contributed by atoms with Crippen molar-refractivity contribution in [3.05, 3.63) is 35.4 Å². The average Bonchev–Trinajstić information content (AvgIpc) is 2.71. The van der Waals surface area contributed by atoms with E-state index >= 15 is 0 Å². The second-order valence-corrected chi connectivity index (χ2v) is 8.66. The fourth-order valence-electron chi connectivity index (χ4n) is 5.25. The Bertz CT molecular complexity index is 672. The molecule has 0 N–H and O–H groups in total. The van der Waals surface area contributed by atoms with Gasteiger partial charge in [0.1, 0.15) is 12.6 Å². The first-order valence-corrected chi connectivity index (χ1v) is 10.8. The first-order chi connectivity index (χ1) is 13.1. The third-order valence-corrected chi connectivity index (χ3v) is 6.77. The highest BCUT2D eigenvalue weighted by Crippen LogP contribution is 2.36. The van der Waals surface area contributed by atoms with Crippen molar-refractivity contribution < 1.29 is 9.59 Å².